The summed E-state index contributed by atoms with van der Waals surface area (Å²) in [5.74, 6) is -5.46. The highest BCUT2D eigenvalue weighted by molar-refractivity contribution is 5.69. The minimum absolute atomic E-state index is 0.132. The van der Waals surface area contributed by atoms with Gasteiger partial charge in [0.15, 0.2) is 23.3 Å². The predicted molar refractivity (Wildman–Crippen MR) is 80.4 cm³/mol. The lowest BCUT2D eigenvalue weighted by Gasteiger charge is -2.25. The Hall–Kier alpha value is -2.37. The molecular weight excluding hydrogens is 324 g/mol. The molecule has 0 bridgehead atoms. The number of esters is 1. The summed E-state index contributed by atoms with van der Waals surface area (Å²) in [5, 5.41) is 0. The number of benzene rings is 2. The minimum atomic E-state index is -1.07. The van der Waals surface area contributed by atoms with Gasteiger partial charge in [0.2, 0.25) is 0 Å². The van der Waals surface area contributed by atoms with E-state index in [1.54, 1.807) is 13.8 Å². The van der Waals surface area contributed by atoms with Gasteiger partial charge in [-0.25, -0.2) is 17.6 Å². The molecule has 0 saturated heterocycles. The number of carbonyl (C=O) groups is 1. The summed E-state index contributed by atoms with van der Waals surface area (Å²) in [6.45, 7) is 3.17. The Morgan fingerprint density at radius 2 is 1.38 bits per heavy atom. The van der Waals surface area contributed by atoms with E-state index in [-0.39, 0.29) is 17.5 Å². The van der Waals surface area contributed by atoms with Crippen molar-refractivity contribution in [2.24, 2.45) is 0 Å². The van der Waals surface area contributed by atoms with Gasteiger partial charge in [0.1, 0.15) is 6.10 Å². The monoisotopic (exact) mass is 340 g/mol. The molecule has 0 spiro atoms. The smallest absolute Gasteiger partial charge is 0.305 e. The lowest BCUT2D eigenvalue weighted by Crippen LogP contribution is -2.23. The van der Waals surface area contributed by atoms with E-state index in [1.165, 1.54) is 12.1 Å². The maximum absolute atomic E-state index is 13.6. The van der Waals surface area contributed by atoms with Crippen LogP contribution in [0.25, 0.3) is 0 Å². The molecule has 0 saturated carbocycles. The summed E-state index contributed by atoms with van der Waals surface area (Å²) in [6, 6.07) is 6.42. The van der Waals surface area contributed by atoms with Crippen molar-refractivity contribution >= 4 is 5.97 Å². The SMILES string of the molecule is CCC(=O)OC(C)C(c1ccc(F)c(F)c1)c1ccc(F)c(F)c1. The maximum Gasteiger partial charge on any atom is 0.305 e. The average molecular weight is 340 g/mol. The second-order valence-electron chi connectivity index (χ2n) is 5.37. The van der Waals surface area contributed by atoms with Crippen LogP contribution in [0.5, 0.6) is 0 Å². The van der Waals surface area contributed by atoms with Gasteiger partial charge in [-0.05, 0) is 42.3 Å². The summed E-state index contributed by atoms with van der Waals surface area (Å²) in [6.07, 6.45) is -0.653. The van der Waals surface area contributed by atoms with Crippen LogP contribution < -0.4 is 0 Å². The Labute approximate surface area is 137 Å². The maximum atomic E-state index is 13.6. The number of carbonyl (C=O) groups excluding carboxylic acids is 1. The summed E-state index contributed by atoms with van der Waals surface area (Å²) in [4.78, 5) is 11.5. The average Bonchev–Trinajstić information content (AvgIpc) is 2.54. The van der Waals surface area contributed by atoms with Gasteiger partial charge in [-0.2, -0.15) is 0 Å². The van der Waals surface area contributed by atoms with Crippen LogP contribution in [-0.2, 0) is 9.53 Å². The fourth-order valence-corrected chi connectivity index (χ4v) is 2.50. The molecule has 0 N–H and O–H groups in total. The van der Waals surface area contributed by atoms with Crippen molar-refractivity contribution in [1.82, 2.24) is 0 Å². The van der Waals surface area contributed by atoms with E-state index in [9.17, 15) is 22.4 Å². The first kappa shape index (κ1) is 18.0. The standard InChI is InChI=1S/C18H16F4O2/c1-3-17(23)24-10(2)18(11-4-6-13(19)15(21)8-11)12-5-7-14(20)16(22)9-12/h4-10,18H,3H2,1-2H3. The van der Waals surface area contributed by atoms with E-state index < -0.39 is 41.3 Å². The molecular formula is C18H16F4O2. The Morgan fingerprint density at radius 3 is 1.75 bits per heavy atom. The number of rotatable bonds is 5. The fraction of sp³-hybridized carbons (Fsp3) is 0.278. The van der Waals surface area contributed by atoms with E-state index in [1.807, 2.05) is 0 Å². The van der Waals surface area contributed by atoms with Gasteiger partial charge in [0.25, 0.3) is 0 Å². The van der Waals surface area contributed by atoms with Crippen LogP contribution in [0.1, 0.15) is 37.3 Å². The molecule has 0 aromatic heterocycles. The van der Waals surface area contributed by atoms with E-state index in [0.29, 0.717) is 0 Å². The molecule has 0 aliphatic carbocycles. The highest BCUT2D eigenvalue weighted by Crippen LogP contribution is 2.31. The zero-order valence-electron chi connectivity index (χ0n) is 13.2. The molecule has 0 heterocycles. The molecule has 2 nitrogen and oxygen atoms in total. The normalized spacial score (nSPS) is 12.3. The van der Waals surface area contributed by atoms with Crippen molar-refractivity contribution in [3.05, 3.63) is 70.8 Å². The van der Waals surface area contributed by atoms with Gasteiger partial charge in [-0.3, -0.25) is 4.79 Å². The van der Waals surface area contributed by atoms with Gasteiger partial charge in [0, 0.05) is 12.3 Å². The van der Waals surface area contributed by atoms with E-state index in [4.69, 9.17) is 4.74 Å². The van der Waals surface area contributed by atoms with E-state index in [2.05, 4.69) is 0 Å². The molecule has 0 aliphatic heterocycles. The number of halogens is 4. The minimum Gasteiger partial charge on any atom is -0.462 e. The Morgan fingerprint density at radius 1 is 0.917 bits per heavy atom. The summed E-state index contributed by atoms with van der Waals surface area (Å²) < 4.78 is 58.7. The number of hydrogen-bond donors (Lipinski definition) is 0. The molecule has 0 fully saturated rings. The molecule has 2 aromatic carbocycles. The van der Waals surface area contributed by atoms with E-state index >= 15 is 0 Å². The van der Waals surface area contributed by atoms with Crippen molar-refractivity contribution in [2.75, 3.05) is 0 Å². The number of hydrogen-bond acceptors (Lipinski definition) is 2. The molecule has 6 heteroatoms. The van der Waals surface area contributed by atoms with Crippen molar-refractivity contribution in [3.63, 3.8) is 0 Å². The quantitative estimate of drug-likeness (QED) is 0.582. The molecule has 0 aliphatic rings. The first-order chi connectivity index (χ1) is 11.3. The van der Waals surface area contributed by atoms with Crippen molar-refractivity contribution in [3.8, 4) is 0 Å². The van der Waals surface area contributed by atoms with Crippen molar-refractivity contribution in [1.29, 1.82) is 0 Å². The Kier molecular flexibility index (Phi) is 5.59. The largest absolute Gasteiger partial charge is 0.462 e. The van der Waals surface area contributed by atoms with Gasteiger partial charge >= 0.3 is 5.97 Å². The van der Waals surface area contributed by atoms with Crippen LogP contribution in [0.4, 0.5) is 17.6 Å². The molecule has 2 aromatic rings. The van der Waals surface area contributed by atoms with Crippen LogP contribution in [0.3, 0.4) is 0 Å². The van der Waals surface area contributed by atoms with Gasteiger partial charge in [-0.1, -0.05) is 19.1 Å². The van der Waals surface area contributed by atoms with Crippen LogP contribution >= 0.6 is 0 Å². The van der Waals surface area contributed by atoms with Crippen LogP contribution in [-0.4, -0.2) is 12.1 Å². The molecule has 1 atom stereocenters. The predicted octanol–water partition coefficient (Wildman–Crippen LogP) is 4.72. The Bertz CT molecular complexity index is 694. The number of ether oxygens (including phenoxy) is 1. The van der Waals surface area contributed by atoms with Crippen LogP contribution in [0.2, 0.25) is 0 Å². The fourth-order valence-electron chi connectivity index (χ4n) is 2.50. The first-order valence-corrected chi connectivity index (χ1v) is 7.42. The zero-order chi connectivity index (χ0) is 17.9. The third-order valence-corrected chi connectivity index (χ3v) is 3.68. The van der Waals surface area contributed by atoms with Crippen molar-refractivity contribution in [2.45, 2.75) is 32.3 Å². The lowest BCUT2D eigenvalue weighted by molar-refractivity contribution is -0.148. The van der Waals surface area contributed by atoms with Gasteiger partial charge < -0.3 is 4.74 Å². The third kappa shape index (κ3) is 3.93. The Balaban J connectivity index is 2.49. The second kappa shape index (κ2) is 7.47. The molecule has 1 unspecified atom stereocenters. The first-order valence-electron chi connectivity index (χ1n) is 7.42. The second-order valence-corrected chi connectivity index (χ2v) is 5.37. The topological polar surface area (TPSA) is 26.3 Å². The summed E-state index contributed by atoms with van der Waals surface area (Å²) >= 11 is 0. The molecule has 24 heavy (non-hydrogen) atoms. The lowest BCUT2D eigenvalue weighted by atomic mass is 9.87. The van der Waals surface area contributed by atoms with Gasteiger partial charge in [0.05, 0.1) is 0 Å². The highest BCUT2D eigenvalue weighted by Gasteiger charge is 2.26. The molecule has 0 radical (unpaired) electrons. The summed E-state index contributed by atoms with van der Waals surface area (Å²) in [7, 11) is 0. The molecule has 128 valence electrons. The van der Waals surface area contributed by atoms with Crippen molar-refractivity contribution < 1.29 is 27.1 Å². The summed E-state index contributed by atoms with van der Waals surface area (Å²) in [5.41, 5.74) is 0.577. The zero-order valence-corrected chi connectivity index (χ0v) is 13.2. The highest BCUT2D eigenvalue weighted by atomic mass is 19.2. The third-order valence-electron chi connectivity index (χ3n) is 3.68. The van der Waals surface area contributed by atoms with Gasteiger partial charge in [-0.15, -0.1) is 0 Å². The molecule has 0 amide bonds. The van der Waals surface area contributed by atoms with E-state index in [0.717, 1.165) is 24.3 Å². The van der Waals surface area contributed by atoms with Crippen LogP contribution in [0, 0.1) is 23.3 Å². The molecule has 2 rings (SSSR count). The van der Waals surface area contributed by atoms with Crippen LogP contribution in [0.15, 0.2) is 36.4 Å².